The molecule has 5 heteroatoms. The highest BCUT2D eigenvalue weighted by Crippen LogP contribution is 2.28. The summed E-state index contributed by atoms with van der Waals surface area (Å²) in [7, 11) is 0. The highest BCUT2D eigenvalue weighted by Gasteiger charge is 2.27. The molecule has 1 fully saturated rings. The summed E-state index contributed by atoms with van der Waals surface area (Å²) in [6.45, 7) is 4.99. The third-order valence-corrected chi connectivity index (χ3v) is 4.11. The van der Waals surface area contributed by atoms with Gasteiger partial charge in [-0.3, -0.25) is 0 Å². The molecule has 1 aliphatic rings. The zero-order chi connectivity index (χ0) is 15.7. The Hall–Kier alpha value is -2.04. The van der Waals surface area contributed by atoms with E-state index in [0.29, 0.717) is 24.9 Å². The predicted octanol–water partition coefficient (Wildman–Crippen LogP) is 2.14. The Morgan fingerprint density at radius 2 is 2.27 bits per heavy atom. The minimum atomic E-state index is -1.05. The Kier molecular flexibility index (Phi) is 4.05. The van der Waals surface area contributed by atoms with Gasteiger partial charge < -0.3 is 19.2 Å². The lowest BCUT2D eigenvalue weighted by Crippen LogP contribution is -2.50. The predicted molar refractivity (Wildman–Crippen MR) is 82.5 cm³/mol. The topological polar surface area (TPSA) is 69.4 Å². The molecule has 0 N–H and O–H groups in total. The van der Waals surface area contributed by atoms with E-state index in [1.54, 1.807) is 4.90 Å². The molecule has 0 spiro atoms. The number of carboxylic acids is 1. The van der Waals surface area contributed by atoms with Crippen molar-refractivity contribution < 1.29 is 14.3 Å². The second kappa shape index (κ2) is 5.99. The number of carbonyl (C=O) groups is 1. The number of hydrogen-bond acceptors (Lipinski definition) is 5. The first-order valence-corrected chi connectivity index (χ1v) is 7.91. The molecule has 0 bridgehead atoms. The normalized spacial score (nSPS) is 19.0. The highest BCUT2D eigenvalue weighted by atomic mass is 16.4. The van der Waals surface area contributed by atoms with Gasteiger partial charge in [0.2, 0.25) is 0 Å². The van der Waals surface area contributed by atoms with Crippen LogP contribution in [0.5, 0.6) is 0 Å². The summed E-state index contributed by atoms with van der Waals surface area (Å²) in [5.41, 5.74) is 2.70. The number of nitrogens with zero attached hydrogens (tertiary/aromatic N) is 2. The van der Waals surface area contributed by atoms with Crippen molar-refractivity contribution in [1.82, 2.24) is 4.98 Å². The maximum absolute atomic E-state index is 11.3. The Morgan fingerprint density at radius 3 is 3.00 bits per heavy atom. The molecule has 2 heterocycles. The van der Waals surface area contributed by atoms with E-state index in [1.807, 2.05) is 12.1 Å². The van der Waals surface area contributed by atoms with Gasteiger partial charge in [-0.2, -0.15) is 4.98 Å². The average Bonchev–Trinajstić information content (AvgIpc) is 2.89. The molecule has 0 radical (unpaired) electrons. The van der Waals surface area contributed by atoms with Crippen LogP contribution < -0.4 is 10.0 Å². The number of fused-ring (bicyclic) bond motifs is 1. The number of aromatic nitrogens is 1. The summed E-state index contributed by atoms with van der Waals surface area (Å²) < 4.78 is 5.83. The first-order chi connectivity index (χ1) is 10.5. The summed E-state index contributed by atoms with van der Waals surface area (Å²) in [4.78, 5) is 17.5. The second-order valence-electron chi connectivity index (χ2n) is 6.42. The summed E-state index contributed by atoms with van der Waals surface area (Å²) in [6, 6.07) is 5.76. The van der Waals surface area contributed by atoms with Crippen molar-refractivity contribution in [2.75, 3.05) is 11.4 Å². The van der Waals surface area contributed by atoms with Crippen molar-refractivity contribution in [2.24, 2.45) is 5.92 Å². The van der Waals surface area contributed by atoms with Gasteiger partial charge in [0.1, 0.15) is 5.52 Å². The second-order valence-corrected chi connectivity index (χ2v) is 6.42. The number of piperidine rings is 1. The SMILES string of the molecule is CC(C)Cc1ccc2nc(N3CCCC[C@H]3C(=O)[O-])oc2c1. The maximum Gasteiger partial charge on any atom is 0.298 e. The molecular weight excluding hydrogens is 280 g/mol. The summed E-state index contributed by atoms with van der Waals surface area (Å²) in [5, 5.41) is 11.3. The number of rotatable bonds is 4. The van der Waals surface area contributed by atoms with Crippen LogP contribution in [0.25, 0.3) is 11.1 Å². The van der Waals surface area contributed by atoms with Gasteiger partial charge in [0.25, 0.3) is 6.01 Å². The number of carbonyl (C=O) groups excluding carboxylic acids is 1. The molecule has 118 valence electrons. The van der Waals surface area contributed by atoms with Crippen molar-refractivity contribution in [1.29, 1.82) is 0 Å². The molecule has 1 atom stereocenters. The van der Waals surface area contributed by atoms with Crippen molar-refractivity contribution in [3.63, 3.8) is 0 Å². The van der Waals surface area contributed by atoms with Crippen LogP contribution in [0.4, 0.5) is 6.01 Å². The van der Waals surface area contributed by atoms with Crippen LogP contribution in [0.2, 0.25) is 0 Å². The minimum absolute atomic E-state index is 0.394. The average molecular weight is 301 g/mol. The van der Waals surface area contributed by atoms with E-state index in [-0.39, 0.29) is 0 Å². The number of benzene rings is 1. The first-order valence-electron chi connectivity index (χ1n) is 7.91. The van der Waals surface area contributed by atoms with E-state index in [4.69, 9.17) is 4.42 Å². The van der Waals surface area contributed by atoms with Crippen LogP contribution in [0.1, 0.15) is 38.7 Å². The monoisotopic (exact) mass is 301 g/mol. The molecule has 0 unspecified atom stereocenters. The highest BCUT2D eigenvalue weighted by molar-refractivity contribution is 5.78. The van der Waals surface area contributed by atoms with Gasteiger partial charge in [0, 0.05) is 6.54 Å². The standard InChI is InChI=1S/C17H22N2O3/c1-11(2)9-12-6-7-13-15(10-12)22-17(18-13)19-8-4-3-5-14(19)16(20)21/h6-7,10-11,14H,3-5,8-9H2,1-2H3,(H,20,21)/p-1/t14-/m0/s1. The smallest absolute Gasteiger partial charge is 0.298 e. The van der Waals surface area contributed by atoms with Crippen LogP contribution in [-0.2, 0) is 11.2 Å². The van der Waals surface area contributed by atoms with Crippen LogP contribution in [0, 0.1) is 5.92 Å². The molecule has 1 aromatic carbocycles. The van der Waals surface area contributed by atoms with Crippen LogP contribution >= 0.6 is 0 Å². The van der Waals surface area contributed by atoms with Crippen molar-refractivity contribution >= 4 is 23.1 Å². The number of oxazole rings is 1. The molecule has 1 aromatic heterocycles. The van der Waals surface area contributed by atoms with Crippen LogP contribution in [0.15, 0.2) is 22.6 Å². The zero-order valence-electron chi connectivity index (χ0n) is 13.0. The molecule has 3 rings (SSSR count). The molecule has 2 aromatic rings. The van der Waals surface area contributed by atoms with E-state index >= 15 is 0 Å². The lowest BCUT2D eigenvalue weighted by Gasteiger charge is -2.34. The molecule has 0 amide bonds. The number of carboxylic acid groups (broad SMARTS) is 1. The molecule has 1 saturated heterocycles. The van der Waals surface area contributed by atoms with E-state index < -0.39 is 12.0 Å². The molecule has 22 heavy (non-hydrogen) atoms. The Bertz CT molecular complexity index is 678. The van der Waals surface area contributed by atoms with Gasteiger partial charge in [-0.15, -0.1) is 0 Å². The summed E-state index contributed by atoms with van der Waals surface area (Å²) >= 11 is 0. The zero-order valence-corrected chi connectivity index (χ0v) is 13.0. The third kappa shape index (κ3) is 2.93. The van der Waals surface area contributed by atoms with E-state index in [1.165, 1.54) is 5.56 Å². The van der Waals surface area contributed by atoms with E-state index in [0.717, 1.165) is 30.4 Å². The fourth-order valence-corrected chi connectivity index (χ4v) is 3.08. The first kappa shape index (κ1) is 14.9. The molecule has 0 aliphatic carbocycles. The van der Waals surface area contributed by atoms with Crippen LogP contribution in [-0.4, -0.2) is 23.5 Å². The van der Waals surface area contributed by atoms with Crippen molar-refractivity contribution in [3.8, 4) is 0 Å². The summed E-state index contributed by atoms with van der Waals surface area (Å²) in [6.07, 6.45) is 3.41. The maximum atomic E-state index is 11.3. The minimum Gasteiger partial charge on any atom is -0.548 e. The van der Waals surface area contributed by atoms with Gasteiger partial charge in [-0.25, -0.2) is 0 Å². The lowest BCUT2D eigenvalue weighted by molar-refractivity contribution is -0.308. The Balaban J connectivity index is 1.92. The lowest BCUT2D eigenvalue weighted by atomic mass is 10.0. The fraction of sp³-hybridized carbons (Fsp3) is 0.529. The van der Waals surface area contributed by atoms with Gasteiger partial charge in [-0.1, -0.05) is 19.9 Å². The Morgan fingerprint density at radius 1 is 1.45 bits per heavy atom. The largest absolute Gasteiger partial charge is 0.548 e. The quantitative estimate of drug-likeness (QED) is 0.865. The Labute approximate surface area is 129 Å². The third-order valence-electron chi connectivity index (χ3n) is 4.11. The number of hydrogen-bond donors (Lipinski definition) is 0. The van der Waals surface area contributed by atoms with Gasteiger partial charge in [0.05, 0.1) is 12.0 Å². The molecule has 1 aliphatic heterocycles. The van der Waals surface area contributed by atoms with Crippen molar-refractivity contribution in [3.05, 3.63) is 23.8 Å². The number of aliphatic carboxylic acids is 1. The number of anilines is 1. The van der Waals surface area contributed by atoms with E-state index in [9.17, 15) is 9.90 Å². The van der Waals surface area contributed by atoms with Gasteiger partial charge in [0.15, 0.2) is 5.58 Å². The fourth-order valence-electron chi connectivity index (χ4n) is 3.08. The van der Waals surface area contributed by atoms with Gasteiger partial charge >= 0.3 is 0 Å². The van der Waals surface area contributed by atoms with Crippen LogP contribution in [0.3, 0.4) is 0 Å². The van der Waals surface area contributed by atoms with E-state index in [2.05, 4.69) is 24.9 Å². The van der Waals surface area contributed by atoms with Crippen molar-refractivity contribution in [2.45, 2.75) is 45.6 Å². The molecular formula is C17H21N2O3-. The summed E-state index contributed by atoms with van der Waals surface area (Å²) in [5.74, 6) is -0.480. The molecule has 0 saturated carbocycles. The van der Waals surface area contributed by atoms with Gasteiger partial charge in [-0.05, 0) is 49.3 Å². The molecule has 5 nitrogen and oxygen atoms in total.